The number of carbonyl (C=O) groups is 1. The van der Waals surface area contributed by atoms with Gasteiger partial charge in [0, 0.05) is 17.1 Å². The van der Waals surface area contributed by atoms with Gasteiger partial charge in [0.1, 0.15) is 0 Å². The highest BCUT2D eigenvalue weighted by Crippen LogP contribution is 2.29. The fourth-order valence-electron chi connectivity index (χ4n) is 1.78. The van der Waals surface area contributed by atoms with E-state index in [9.17, 15) is 4.79 Å². The van der Waals surface area contributed by atoms with E-state index >= 15 is 0 Å². The van der Waals surface area contributed by atoms with Gasteiger partial charge in [-0.3, -0.25) is 4.79 Å². The molecule has 1 aromatic carbocycles. The number of likely N-dealkylation sites (N-methyl/N-ethyl adjacent to an activating group) is 1. The van der Waals surface area contributed by atoms with Gasteiger partial charge in [0.25, 0.3) is 0 Å². The quantitative estimate of drug-likeness (QED) is 0.847. The fourth-order valence-corrected chi connectivity index (χ4v) is 2.35. The maximum atomic E-state index is 12.1. The molecule has 0 radical (unpaired) electrons. The van der Waals surface area contributed by atoms with E-state index in [0.29, 0.717) is 16.5 Å². The molecule has 0 saturated heterocycles. The standard InChI is InChI=1S/C14H18Cl2N2O/c1-4-5-13(17)14(19)18(3)9(2)11-7-6-10(15)8-12(11)16/h4,6-9,13H,1,5,17H2,2-3H3. The second-order valence-electron chi connectivity index (χ2n) is 4.42. The first-order chi connectivity index (χ1) is 8.88. The SMILES string of the molecule is C=CCC(N)C(=O)N(C)C(C)c1ccc(Cl)cc1Cl. The topological polar surface area (TPSA) is 46.3 Å². The molecule has 0 fully saturated rings. The molecule has 2 atom stereocenters. The largest absolute Gasteiger partial charge is 0.338 e. The predicted molar refractivity (Wildman–Crippen MR) is 80.4 cm³/mol. The van der Waals surface area contributed by atoms with Crippen molar-refractivity contribution < 1.29 is 4.79 Å². The fraction of sp³-hybridized carbons (Fsp3) is 0.357. The van der Waals surface area contributed by atoms with E-state index in [-0.39, 0.29) is 11.9 Å². The van der Waals surface area contributed by atoms with E-state index in [2.05, 4.69) is 6.58 Å². The molecule has 3 nitrogen and oxygen atoms in total. The van der Waals surface area contributed by atoms with Crippen LogP contribution in [0.15, 0.2) is 30.9 Å². The van der Waals surface area contributed by atoms with Crippen molar-refractivity contribution in [2.24, 2.45) is 5.73 Å². The van der Waals surface area contributed by atoms with Crippen LogP contribution < -0.4 is 5.73 Å². The normalized spacial score (nSPS) is 13.7. The third-order valence-electron chi connectivity index (χ3n) is 3.08. The molecule has 19 heavy (non-hydrogen) atoms. The van der Waals surface area contributed by atoms with Crippen molar-refractivity contribution in [2.75, 3.05) is 7.05 Å². The number of nitrogens with two attached hydrogens (primary N) is 1. The van der Waals surface area contributed by atoms with E-state index in [0.717, 1.165) is 5.56 Å². The molecular formula is C14H18Cl2N2O. The number of nitrogens with zero attached hydrogens (tertiary/aromatic N) is 1. The lowest BCUT2D eigenvalue weighted by Crippen LogP contribution is -2.42. The van der Waals surface area contributed by atoms with Crippen LogP contribution in [0.25, 0.3) is 0 Å². The van der Waals surface area contributed by atoms with Crippen LogP contribution in [0, 0.1) is 0 Å². The summed E-state index contributed by atoms with van der Waals surface area (Å²) in [6.45, 7) is 5.48. The van der Waals surface area contributed by atoms with E-state index in [4.69, 9.17) is 28.9 Å². The van der Waals surface area contributed by atoms with Gasteiger partial charge in [0.05, 0.1) is 12.1 Å². The summed E-state index contributed by atoms with van der Waals surface area (Å²) in [6, 6.07) is 4.49. The average Bonchev–Trinajstić information content (AvgIpc) is 2.36. The molecular weight excluding hydrogens is 283 g/mol. The van der Waals surface area contributed by atoms with Crippen LogP contribution in [0.2, 0.25) is 10.0 Å². The highest BCUT2D eigenvalue weighted by atomic mass is 35.5. The predicted octanol–water partition coefficient (Wildman–Crippen LogP) is 3.42. The Balaban J connectivity index is 2.89. The molecule has 2 N–H and O–H groups in total. The van der Waals surface area contributed by atoms with E-state index in [1.54, 1.807) is 30.2 Å². The van der Waals surface area contributed by atoms with Gasteiger partial charge in [0.15, 0.2) is 0 Å². The van der Waals surface area contributed by atoms with Crippen molar-refractivity contribution in [3.05, 3.63) is 46.5 Å². The third kappa shape index (κ3) is 3.96. The third-order valence-corrected chi connectivity index (χ3v) is 3.64. The number of hydrogen-bond acceptors (Lipinski definition) is 2. The number of hydrogen-bond donors (Lipinski definition) is 1. The van der Waals surface area contributed by atoms with Crippen molar-refractivity contribution in [2.45, 2.75) is 25.4 Å². The van der Waals surface area contributed by atoms with Crippen LogP contribution in [0.5, 0.6) is 0 Å². The van der Waals surface area contributed by atoms with Gasteiger partial charge in [-0.2, -0.15) is 0 Å². The molecule has 0 aromatic heterocycles. The van der Waals surface area contributed by atoms with E-state index < -0.39 is 6.04 Å². The van der Waals surface area contributed by atoms with Crippen LogP contribution in [-0.2, 0) is 4.79 Å². The van der Waals surface area contributed by atoms with E-state index in [1.807, 2.05) is 13.0 Å². The zero-order valence-electron chi connectivity index (χ0n) is 11.1. The molecule has 1 aromatic rings. The summed E-state index contributed by atoms with van der Waals surface area (Å²) in [5, 5.41) is 1.11. The van der Waals surface area contributed by atoms with E-state index in [1.165, 1.54) is 0 Å². The Labute approximate surface area is 124 Å². The van der Waals surface area contributed by atoms with Crippen LogP contribution in [0.4, 0.5) is 0 Å². The zero-order chi connectivity index (χ0) is 14.6. The molecule has 0 bridgehead atoms. The summed E-state index contributed by atoms with van der Waals surface area (Å²) in [5.74, 6) is -0.140. The summed E-state index contributed by atoms with van der Waals surface area (Å²) in [5.41, 5.74) is 6.63. The minimum atomic E-state index is -0.573. The Morgan fingerprint density at radius 1 is 1.53 bits per heavy atom. The van der Waals surface area contributed by atoms with Crippen LogP contribution in [0.1, 0.15) is 24.9 Å². The lowest BCUT2D eigenvalue weighted by molar-refractivity contribution is -0.133. The number of carbonyl (C=O) groups excluding carboxylic acids is 1. The molecule has 104 valence electrons. The monoisotopic (exact) mass is 300 g/mol. The van der Waals surface area contributed by atoms with Crippen molar-refractivity contribution in [1.29, 1.82) is 0 Å². The first-order valence-corrected chi connectivity index (χ1v) is 6.72. The summed E-state index contributed by atoms with van der Waals surface area (Å²) in [6.07, 6.45) is 2.08. The lowest BCUT2D eigenvalue weighted by Gasteiger charge is -2.28. The molecule has 1 amide bonds. The van der Waals surface area contributed by atoms with Gasteiger partial charge in [-0.05, 0) is 31.0 Å². The number of amides is 1. The summed E-state index contributed by atoms with van der Waals surface area (Å²) < 4.78 is 0. The minimum absolute atomic E-state index is 0.140. The Morgan fingerprint density at radius 3 is 2.68 bits per heavy atom. The molecule has 0 aliphatic rings. The number of rotatable bonds is 5. The van der Waals surface area contributed by atoms with Gasteiger partial charge in [-0.15, -0.1) is 6.58 Å². The van der Waals surface area contributed by atoms with Crippen molar-refractivity contribution >= 4 is 29.1 Å². The first kappa shape index (κ1) is 16.0. The second kappa shape index (κ2) is 6.94. The van der Waals surface area contributed by atoms with Gasteiger partial charge in [0.2, 0.25) is 5.91 Å². The van der Waals surface area contributed by atoms with Gasteiger partial charge in [-0.1, -0.05) is 35.3 Å². The van der Waals surface area contributed by atoms with Gasteiger partial charge in [-0.25, -0.2) is 0 Å². The highest BCUT2D eigenvalue weighted by Gasteiger charge is 2.23. The Morgan fingerprint density at radius 2 is 2.16 bits per heavy atom. The lowest BCUT2D eigenvalue weighted by atomic mass is 10.1. The maximum Gasteiger partial charge on any atom is 0.240 e. The molecule has 0 aliphatic carbocycles. The highest BCUT2D eigenvalue weighted by molar-refractivity contribution is 6.35. The van der Waals surface area contributed by atoms with Crippen molar-refractivity contribution in [1.82, 2.24) is 4.90 Å². The summed E-state index contributed by atoms with van der Waals surface area (Å²) in [4.78, 5) is 13.7. The average molecular weight is 301 g/mol. The number of benzene rings is 1. The Kier molecular flexibility index (Phi) is 5.85. The van der Waals surface area contributed by atoms with Crippen LogP contribution in [-0.4, -0.2) is 23.9 Å². The molecule has 0 aliphatic heterocycles. The Hall–Kier alpha value is -1.03. The molecule has 2 unspecified atom stereocenters. The van der Waals surface area contributed by atoms with Crippen LogP contribution >= 0.6 is 23.2 Å². The first-order valence-electron chi connectivity index (χ1n) is 5.96. The number of halogens is 2. The minimum Gasteiger partial charge on any atom is -0.338 e. The van der Waals surface area contributed by atoms with Crippen molar-refractivity contribution in [3.8, 4) is 0 Å². The summed E-state index contributed by atoms with van der Waals surface area (Å²) in [7, 11) is 1.71. The molecule has 1 rings (SSSR count). The Bertz CT molecular complexity index is 477. The maximum absolute atomic E-state index is 12.1. The van der Waals surface area contributed by atoms with Crippen molar-refractivity contribution in [3.63, 3.8) is 0 Å². The zero-order valence-corrected chi connectivity index (χ0v) is 12.6. The van der Waals surface area contributed by atoms with Crippen LogP contribution in [0.3, 0.4) is 0 Å². The molecule has 0 spiro atoms. The second-order valence-corrected chi connectivity index (χ2v) is 5.27. The molecule has 5 heteroatoms. The van der Waals surface area contributed by atoms with Gasteiger partial charge < -0.3 is 10.6 Å². The smallest absolute Gasteiger partial charge is 0.240 e. The molecule has 0 heterocycles. The summed E-state index contributed by atoms with van der Waals surface area (Å²) >= 11 is 12.0. The van der Waals surface area contributed by atoms with Gasteiger partial charge >= 0.3 is 0 Å². The molecule has 0 saturated carbocycles.